The first kappa shape index (κ1) is 8.44. The normalized spacial score (nSPS) is 44.8. The lowest BCUT2D eigenvalue weighted by Crippen LogP contribution is -2.49. The molecule has 2 aliphatic rings. The number of nitrogens with zero attached hydrogens (tertiary/aromatic N) is 2. The predicted molar refractivity (Wildman–Crippen MR) is 42.8 cm³/mol. The summed E-state index contributed by atoms with van der Waals surface area (Å²) in [5, 5.41) is 21.6. The maximum atomic E-state index is 9.59. The van der Waals surface area contributed by atoms with Crippen LogP contribution >= 0.6 is 0 Å². The SMILES string of the molecule is C[C@@]12CCCC[C@H]1N(O)CN2O. The Kier molecular flexibility index (Phi) is 1.88. The van der Waals surface area contributed by atoms with Gasteiger partial charge in [-0.25, -0.2) is 0 Å². The number of hydrogen-bond donors (Lipinski definition) is 2. The van der Waals surface area contributed by atoms with E-state index in [1.807, 2.05) is 6.92 Å². The minimum Gasteiger partial charge on any atom is -0.312 e. The van der Waals surface area contributed by atoms with E-state index in [4.69, 9.17) is 0 Å². The highest BCUT2D eigenvalue weighted by molar-refractivity contribution is 5.00. The third kappa shape index (κ3) is 0.992. The van der Waals surface area contributed by atoms with Gasteiger partial charge >= 0.3 is 0 Å². The lowest BCUT2D eigenvalue weighted by molar-refractivity contribution is -0.169. The fourth-order valence-electron chi connectivity index (χ4n) is 2.47. The van der Waals surface area contributed by atoms with E-state index in [1.165, 1.54) is 10.1 Å². The summed E-state index contributed by atoms with van der Waals surface area (Å²) < 4.78 is 0. The number of hydrogen-bond acceptors (Lipinski definition) is 4. The lowest BCUT2D eigenvalue weighted by Gasteiger charge is -2.38. The van der Waals surface area contributed by atoms with Gasteiger partial charge in [0.1, 0.15) is 6.67 Å². The van der Waals surface area contributed by atoms with Crippen molar-refractivity contribution in [3.8, 4) is 0 Å². The van der Waals surface area contributed by atoms with Gasteiger partial charge in [0.15, 0.2) is 0 Å². The second kappa shape index (κ2) is 2.67. The van der Waals surface area contributed by atoms with Gasteiger partial charge in [0.2, 0.25) is 0 Å². The fraction of sp³-hybridized carbons (Fsp3) is 1.00. The molecule has 2 atom stereocenters. The first-order valence-electron chi connectivity index (χ1n) is 4.56. The topological polar surface area (TPSA) is 46.9 Å². The van der Waals surface area contributed by atoms with Crippen molar-refractivity contribution in [1.29, 1.82) is 0 Å². The molecule has 0 bridgehead atoms. The van der Waals surface area contributed by atoms with E-state index in [0.717, 1.165) is 25.7 Å². The molecule has 0 aromatic heterocycles. The molecule has 1 aliphatic heterocycles. The van der Waals surface area contributed by atoms with Crippen LogP contribution in [0.1, 0.15) is 32.6 Å². The molecule has 12 heavy (non-hydrogen) atoms. The second-order valence-electron chi connectivity index (χ2n) is 4.10. The minimum atomic E-state index is -0.215. The molecule has 0 aromatic rings. The molecular weight excluding hydrogens is 156 g/mol. The Balaban J connectivity index is 2.21. The smallest absolute Gasteiger partial charge is 0.101 e. The van der Waals surface area contributed by atoms with Gasteiger partial charge in [0.25, 0.3) is 0 Å². The van der Waals surface area contributed by atoms with Crippen LogP contribution in [0, 0.1) is 0 Å². The van der Waals surface area contributed by atoms with Crippen molar-refractivity contribution in [2.45, 2.75) is 44.2 Å². The molecule has 2 fully saturated rings. The Morgan fingerprint density at radius 2 is 2.08 bits per heavy atom. The van der Waals surface area contributed by atoms with Gasteiger partial charge in [-0.2, -0.15) is 10.1 Å². The van der Waals surface area contributed by atoms with Crippen molar-refractivity contribution in [3.05, 3.63) is 0 Å². The Bertz CT molecular complexity index is 188. The Hall–Kier alpha value is -0.160. The molecule has 1 heterocycles. The zero-order valence-electron chi connectivity index (χ0n) is 7.40. The standard InChI is InChI=1S/C8H16N2O2/c1-8-5-3-2-4-7(8)9(11)6-10(8)12/h7,11-12H,2-6H2,1H3/t7-,8-/m1/s1. The molecule has 2 rings (SSSR count). The summed E-state index contributed by atoms with van der Waals surface area (Å²) in [7, 11) is 0. The molecule has 1 saturated heterocycles. The highest BCUT2D eigenvalue weighted by atomic mass is 16.6. The predicted octanol–water partition coefficient (Wildman–Crippen LogP) is 1.04. The summed E-state index contributed by atoms with van der Waals surface area (Å²) in [5.41, 5.74) is -0.215. The average Bonchev–Trinajstić information content (AvgIpc) is 2.25. The van der Waals surface area contributed by atoms with Gasteiger partial charge in [-0.15, -0.1) is 0 Å². The summed E-state index contributed by atoms with van der Waals surface area (Å²) >= 11 is 0. The summed E-state index contributed by atoms with van der Waals surface area (Å²) in [6.07, 6.45) is 4.28. The van der Waals surface area contributed by atoms with Gasteiger partial charge in [0, 0.05) is 0 Å². The van der Waals surface area contributed by atoms with E-state index >= 15 is 0 Å². The molecule has 2 N–H and O–H groups in total. The number of hydroxylamine groups is 4. The highest BCUT2D eigenvalue weighted by Crippen LogP contribution is 2.39. The Morgan fingerprint density at radius 3 is 2.75 bits per heavy atom. The van der Waals surface area contributed by atoms with E-state index in [9.17, 15) is 10.4 Å². The Labute approximate surface area is 72.3 Å². The Morgan fingerprint density at radius 1 is 1.33 bits per heavy atom. The van der Waals surface area contributed by atoms with Crippen molar-refractivity contribution >= 4 is 0 Å². The van der Waals surface area contributed by atoms with Crippen molar-refractivity contribution in [1.82, 2.24) is 10.1 Å². The monoisotopic (exact) mass is 172 g/mol. The largest absolute Gasteiger partial charge is 0.312 e. The summed E-state index contributed by atoms with van der Waals surface area (Å²) in [6, 6.07) is 0.122. The molecule has 0 amide bonds. The molecule has 70 valence electrons. The third-order valence-corrected chi connectivity index (χ3v) is 3.36. The third-order valence-electron chi connectivity index (χ3n) is 3.36. The minimum absolute atomic E-state index is 0.122. The maximum absolute atomic E-state index is 9.59. The summed E-state index contributed by atoms with van der Waals surface area (Å²) in [5.74, 6) is 0. The quantitative estimate of drug-likeness (QED) is 0.573. The highest BCUT2D eigenvalue weighted by Gasteiger charge is 2.50. The van der Waals surface area contributed by atoms with Gasteiger partial charge in [-0.1, -0.05) is 12.8 Å². The molecule has 0 unspecified atom stereocenters. The fourth-order valence-corrected chi connectivity index (χ4v) is 2.47. The second-order valence-corrected chi connectivity index (χ2v) is 4.10. The maximum Gasteiger partial charge on any atom is 0.101 e. The van der Waals surface area contributed by atoms with Gasteiger partial charge < -0.3 is 10.4 Å². The molecule has 0 aromatic carbocycles. The van der Waals surface area contributed by atoms with E-state index in [0.29, 0.717) is 0 Å². The molecule has 0 spiro atoms. The van der Waals surface area contributed by atoms with E-state index in [-0.39, 0.29) is 18.2 Å². The number of fused-ring (bicyclic) bond motifs is 1. The van der Waals surface area contributed by atoms with Crippen LogP contribution in [0.2, 0.25) is 0 Å². The number of rotatable bonds is 0. The van der Waals surface area contributed by atoms with Crippen molar-refractivity contribution < 1.29 is 10.4 Å². The van der Waals surface area contributed by atoms with E-state index in [2.05, 4.69) is 0 Å². The molecule has 4 heteroatoms. The van der Waals surface area contributed by atoms with Crippen LogP contribution in [0.4, 0.5) is 0 Å². The van der Waals surface area contributed by atoms with Crippen LogP contribution in [0.5, 0.6) is 0 Å². The van der Waals surface area contributed by atoms with Crippen LogP contribution < -0.4 is 0 Å². The zero-order valence-corrected chi connectivity index (χ0v) is 7.40. The van der Waals surface area contributed by atoms with Crippen LogP contribution in [-0.4, -0.2) is 38.8 Å². The lowest BCUT2D eigenvalue weighted by atomic mass is 9.80. The first-order valence-corrected chi connectivity index (χ1v) is 4.56. The van der Waals surface area contributed by atoms with Crippen molar-refractivity contribution in [2.75, 3.05) is 6.67 Å². The zero-order chi connectivity index (χ0) is 8.77. The molecular formula is C8H16N2O2. The van der Waals surface area contributed by atoms with Gasteiger partial charge in [0.05, 0.1) is 11.6 Å². The molecule has 1 saturated carbocycles. The van der Waals surface area contributed by atoms with Crippen molar-refractivity contribution in [2.24, 2.45) is 0 Å². The molecule has 4 nitrogen and oxygen atoms in total. The van der Waals surface area contributed by atoms with E-state index < -0.39 is 0 Å². The average molecular weight is 172 g/mol. The van der Waals surface area contributed by atoms with Crippen LogP contribution in [0.15, 0.2) is 0 Å². The summed E-state index contributed by atoms with van der Waals surface area (Å²) in [4.78, 5) is 0. The van der Waals surface area contributed by atoms with Gasteiger partial charge in [-0.3, -0.25) is 0 Å². The van der Waals surface area contributed by atoms with Crippen molar-refractivity contribution in [3.63, 3.8) is 0 Å². The first-order chi connectivity index (χ1) is 5.64. The van der Waals surface area contributed by atoms with Crippen LogP contribution in [0.25, 0.3) is 0 Å². The van der Waals surface area contributed by atoms with Crippen LogP contribution in [-0.2, 0) is 0 Å². The van der Waals surface area contributed by atoms with Crippen LogP contribution in [0.3, 0.4) is 0 Å². The van der Waals surface area contributed by atoms with E-state index in [1.54, 1.807) is 0 Å². The van der Waals surface area contributed by atoms with Gasteiger partial charge in [-0.05, 0) is 19.8 Å². The summed E-state index contributed by atoms with van der Waals surface area (Å²) in [6.45, 7) is 2.29. The molecule has 0 radical (unpaired) electrons. The molecule has 1 aliphatic carbocycles.